The second kappa shape index (κ2) is 12.3. The van der Waals surface area contributed by atoms with Crippen molar-refractivity contribution in [2.45, 2.75) is 58.6 Å². The fourth-order valence-electron chi connectivity index (χ4n) is 3.81. The van der Waals surface area contributed by atoms with Gasteiger partial charge in [0, 0.05) is 58.4 Å². The van der Waals surface area contributed by atoms with Crippen LogP contribution in [0.25, 0.3) is 0 Å². The number of rotatable bonds is 11. The molecular formula is C21H44N4O. The third-order valence-corrected chi connectivity index (χ3v) is 6.23. The van der Waals surface area contributed by atoms with Gasteiger partial charge in [-0.1, -0.05) is 6.42 Å². The molecule has 0 spiro atoms. The van der Waals surface area contributed by atoms with Gasteiger partial charge in [0.15, 0.2) is 0 Å². The first-order valence-corrected chi connectivity index (χ1v) is 11.0. The topological polar surface area (TPSA) is 22.2 Å². The van der Waals surface area contributed by atoms with Crippen LogP contribution in [0.2, 0.25) is 0 Å². The maximum Gasteiger partial charge on any atom is 0.0597 e. The van der Waals surface area contributed by atoms with Crippen LogP contribution in [0.15, 0.2) is 0 Å². The summed E-state index contributed by atoms with van der Waals surface area (Å²) < 4.78 is 6.06. The Balaban J connectivity index is 1.48. The minimum atomic E-state index is 0.387. The van der Waals surface area contributed by atoms with Crippen molar-refractivity contribution >= 4 is 0 Å². The summed E-state index contributed by atoms with van der Waals surface area (Å²) in [5.74, 6) is 0. The summed E-state index contributed by atoms with van der Waals surface area (Å²) in [5.41, 5.74) is 0. The van der Waals surface area contributed by atoms with Gasteiger partial charge in [0.05, 0.1) is 12.7 Å². The van der Waals surface area contributed by atoms with Crippen molar-refractivity contribution in [3.63, 3.8) is 0 Å². The Bertz CT molecular complexity index is 352. The SMILES string of the molecule is CC(CCN1CCN(CCN(C)C(C)C)CC1)OCCN1CCCCC1. The Kier molecular flexibility index (Phi) is 10.4. The lowest BCUT2D eigenvalue weighted by molar-refractivity contribution is 0.0298. The van der Waals surface area contributed by atoms with E-state index in [1.54, 1.807) is 0 Å². The van der Waals surface area contributed by atoms with Crippen molar-refractivity contribution in [3.8, 4) is 0 Å². The summed E-state index contributed by atoms with van der Waals surface area (Å²) >= 11 is 0. The highest BCUT2D eigenvalue weighted by Crippen LogP contribution is 2.09. The summed E-state index contributed by atoms with van der Waals surface area (Å²) in [5, 5.41) is 0. The van der Waals surface area contributed by atoms with Crippen LogP contribution in [0.1, 0.15) is 46.5 Å². The van der Waals surface area contributed by atoms with E-state index < -0.39 is 0 Å². The number of hydrogen-bond acceptors (Lipinski definition) is 5. The number of nitrogens with zero attached hydrogens (tertiary/aromatic N) is 4. The van der Waals surface area contributed by atoms with E-state index >= 15 is 0 Å². The maximum absolute atomic E-state index is 6.06. The van der Waals surface area contributed by atoms with Crippen molar-refractivity contribution in [2.75, 3.05) is 79.1 Å². The van der Waals surface area contributed by atoms with Crippen molar-refractivity contribution in [3.05, 3.63) is 0 Å². The first-order valence-electron chi connectivity index (χ1n) is 11.0. The zero-order chi connectivity index (χ0) is 18.8. The van der Waals surface area contributed by atoms with E-state index in [0.717, 1.165) is 19.6 Å². The van der Waals surface area contributed by atoms with E-state index in [4.69, 9.17) is 4.74 Å². The third kappa shape index (κ3) is 8.66. The molecule has 2 saturated heterocycles. The normalized spacial score (nSPS) is 22.4. The summed E-state index contributed by atoms with van der Waals surface area (Å²) in [7, 11) is 2.23. The van der Waals surface area contributed by atoms with Crippen LogP contribution < -0.4 is 0 Å². The largest absolute Gasteiger partial charge is 0.377 e. The van der Waals surface area contributed by atoms with E-state index in [0.29, 0.717) is 12.1 Å². The predicted octanol–water partition coefficient (Wildman–Crippen LogP) is 2.23. The molecule has 5 heteroatoms. The molecular weight excluding hydrogens is 324 g/mol. The van der Waals surface area contributed by atoms with Gasteiger partial charge in [-0.25, -0.2) is 0 Å². The Morgan fingerprint density at radius 2 is 1.35 bits per heavy atom. The number of likely N-dealkylation sites (N-methyl/N-ethyl adjacent to an activating group) is 1. The molecule has 0 aromatic rings. The van der Waals surface area contributed by atoms with Crippen LogP contribution in [0.3, 0.4) is 0 Å². The average Bonchev–Trinajstić information content (AvgIpc) is 2.66. The highest BCUT2D eigenvalue weighted by Gasteiger charge is 2.18. The smallest absolute Gasteiger partial charge is 0.0597 e. The molecule has 2 rings (SSSR count). The predicted molar refractivity (Wildman–Crippen MR) is 111 cm³/mol. The lowest BCUT2D eigenvalue weighted by Gasteiger charge is -2.36. The van der Waals surface area contributed by atoms with Crippen molar-refractivity contribution in [2.24, 2.45) is 0 Å². The first-order chi connectivity index (χ1) is 12.5. The zero-order valence-corrected chi connectivity index (χ0v) is 18.0. The second-order valence-electron chi connectivity index (χ2n) is 8.63. The van der Waals surface area contributed by atoms with Gasteiger partial charge in [0.25, 0.3) is 0 Å². The van der Waals surface area contributed by atoms with Crippen LogP contribution in [0, 0.1) is 0 Å². The van der Waals surface area contributed by atoms with Gasteiger partial charge >= 0.3 is 0 Å². The number of hydrogen-bond donors (Lipinski definition) is 0. The molecule has 1 unspecified atom stereocenters. The number of piperazine rings is 1. The molecule has 0 N–H and O–H groups in total. The van der Waals surface area contributed by atoms with E-state index in [1.165, 1.54) is 78.2 Å². The molecule has 0 aromatic heterocycles. The monoisotopic (exact) mass is 368 g/mol. The van der Waals surface area contributed by atoms with E-state index in [9.17, 15) is 0 Å². The number of piperidine rings is 1. The summed E-state index contributed by atoms with van der Waals surface area (Å²) in [6.45, 7) is 19.8. The fourth-order valence-corrected chi connectivity index (χ4v) is 3.81. The molecule has 2 aliphatic rings. The molecule has 0 aromatic carbocycles. The fraction of sp³-hybridized carbons (Fsp3) is 1.00. The standard InChI is InChI=1S/C21H44N4O/c1-20(2)22(4)12-13-25-16-14-24(15-17-25)11-8-21(3)26-19-18-23-9-6-5-7-10-23/h20-21H,5-19H2,1-4H3. The maximum atomic E-state index is 6.06. The third-order valence-electron chi connectivity index (χ3n) is 6.23. The van der Waals surface area contributed by atoms with Gasteiger partial charge in [-0.15, -0.1) is 0 Å². The lowest BCUT2D eigenvalue weighted by Crippen LogP contribution is -2.49. The van der Waals surface area contributed by atoms with Crippen molar-refractivity contribution in [1.29, 1.82) is 0 Å². The second-order valence-corrected chi connectivity index (χ2v) is 8.63. The molecule has 5 nitrogen and oxygen atoms in total. The Hall–Kier alpha value is -0.200. The quantitative estimate of drug-likeness (QED) is 0.556. The molecule has 0 aliphatic carbocycles. The van der Waals surface area contributed by atoms with Gasteiger partial charge in [0.2, 0.25) is 0 Å². The number of likely N-dealkylation sites (tertiary alicyclic amines) is 1. The minimum absolute atomic E-state index is 0.387. The first kappa shape index (κ1) is 22.1. The lowest BCUT2D eigenvalue weighted by atomic mass is 10.1. The van der Waals surface area contributed by atoms with Crippen LogP contribution in [0.4, 0.5) is 0 Å². The van der Waals surface area contributed by atoms with Crippen molar-refractivity contribution in [1.82, 2.24) is 19.6 Å². The molecule has 0 bridgehead atoms. The molecule has 0 radical (unpaired) electrons. The summed E-state index contributed by atoms with van der Waals surface area (Å²) in [4.78, 5) is 10.2. The highest BCUT2D eigenvalue weighted by molar-refractivity contribution is 4.74. The van der Waals surface area contributed by atoms with Crippen molar-refractivity contribution < 1.29 is 4.74 Å². The molecule has 0 saturated carbocycles. The summed E-state index contributed by atoms with van der Waals surface area (Å²) in [6, 6.07) is 0.646. The molecule has 2 heterocycles. The van der Waals surface area contributed by atoms with Gasteiger partial charge < -0.3 is 19.4 Å². The van der Waals surface area contributed by atoms with Crippen LogP contribution in [-0.4, -0.2) is 111 Å². The van der Waals surface area contributed by atoms with E-state index in [1.807, 2.05) is 0 Å². The van der Waals surface area contributed by atoms with Gasteiger partial charge in [0.1, 0.15) is 0 Å². The minimum Gasteiger partial charge on any atom is -0.377 e. The molecule has 0 amide bonds. The van der Waals surface area contributed by atoms with E-state index in [-0.39, 0.29) is 0 Å². The Labute approximate surface area is 162 Å². The molecule has 26 heavy (non-hydrogen) atoms. The average molecular weight is 369 g/mol. The van der Waals surface area contributed by atoms with Gasteiger partial charge in [-0.3, -0.25) is 4.90 Å². The number of ether oxygens (including phenoxy) is 1. The molecule has 1 atom stereocenters. The Morgan fingerprint density at radius 1 is 0.769 bits per heavy atom. The highest BCUT2D eigenvalue weighted by atomic mass is 16.5. The van der Waals surface area contributed by atoms with Crippen LogP contribution >= 0.6 is 0 Å². The van der Waals surface area contributed by atoms with Gasteiger partial charge in [-0.2, -0.15) is 0 Å². The summed E-state index contributed by atoms with van der Waals surface area (Å²) in [6.07, 6.45) is 5.70. The van der Waals surface area contributed by atoms with Crippen LogP contribution in [0.5, 0.6) is 0 Å². The van der Waals surface area contributed by atoms with Crippen LogP contribution in [-0.2, 0) is 4.74 Å². The zero-order valence-electron chi connectivity index (χ0n) is 18.0. The molecule has 2 aliphatic heterocycles. The van der Waals surface area contributed by atoms with Gasteiger partial charge in [-0.05, 0) is 60.2 Å². The molecule has 154 valence electrons. The van der Waals surface area contributed by atoms with E-state index in [2.05, 4.69) is 47.4 Å². The Morgan fingerprint density at radius 3 is 1.96 bits per heavy atom. The molecule has 2 fully saturated rings.